The van der Waals surface area contributed by atoms with Crippen molar-refractivity contribution < 1.29 is 14.3 Å². The highest BCUT2D eigenvalue weighted by molar-refractivity contribution is 5.95. The van der Waals surface area contributed by atoms with Gasteiger partial charge in [0.25, 0.3) is 0 Å². The Morgan fingerprint density at radius 1 is 1.23 bits per heavy atom. The van der Waals surface area contributed by atoms with Crippen molar-refractivity contribution in [1.29, 1.82) is 0 Å². The fraction of sp³-hybridized carbons (Fsp3) is 0.176. The monoisotopic (exact) mass is 296 g/mol. The van der Waals surface area contributed by atoms with Crippen LogP contribution >= 0.6 is 0 Å². The molecule has 0 saturated carbocycles. The van der Waals surface area contributed by atoms with Crippen LogP contribution in [0.3, 0.4) is 0 Å². The minimum Gasteiger partial charge on any atom is -0.497 e. The van der Waals surface area contributed by atoms with E-state index in [1.807, 2.05) is 36.4 Å². The van der Waals surface area contributed by atoms with Gasteiger partial charge >= 0.3 is 5.97 Å². The van der Waals surface area contributed by atoms with Crippen LogP contribution in [0.5, 0.6) is 5.75 Å². The molecule has 22 heavy (non-hydrogen) atoms. The van der Waals surface area contributed by atoms with Gasteiger partial charge in [-0.2, -0.15) is 0 Å². The predicted molar refractivity (Wildman–Crippen MR) is 83.6 cm³/mol. The molecule has 0 aliphatic heterocycles. The molecule has 0 radical (unpaired) electrons. The molecule has 0 spiro atoms. The molecular formula is C17H16N2O3. The predicted octanol–water partition coefficient (Wildman–Crippen LogP) is 3.21. The molecule has 112 valence electrons. The molecule has 0 saturated heterocycles. The van der Waals surface area contributed by atoms with Gasteiger partial charge in [-0.05, 0) is 49.4 Å². The number of hydrogen-bond acceptors (Lipinski definition) is 4. The Morgan fingerprint density at radius 2 is 2.00 bits per heavy atom. The van der Waals surface area contributed by atoms with Crippen LogP contribution in [0.1, 0.15) is 17.4 Å². The summed E-state index contributed by atoms with van der Waals surface area (Å²) in [7, 11) is 1.62. The number of rotatable bonds is 4. The van der Waals surface area contributed by atoms with Crippen LogP contribution in [-0.4, -0.2) is 29.2 Å². The molecule has 0 aliphatic rings. The summed E-state index contributed by atoms with van der Waals surface area (Å²) < 4.78 is 12.1. The summed E-state index contributed by atoms with van der Waals surface area (Å²) >= 11 is 0. The van der Waals surface area contributed by atoms with E-state index in [0.29, 0.717) is 12.3 Å². The number of carbonyl (C=O) groups excluding carboxylic acids is 1. The maximum atomic E-state index is 12.2. The van der Waals surface area contributed by atoms with E-state index in [9.17, 15) is 4.79 Å². The zero-order valence-corrected chi connectivity index (χ0v) is 12.4. The molecule has 2 aromatic heterocycles. The second-order valence-electron chi connectivity index (χ2n) is 4.70. The van der Waals surface area contributed by atoms with Crippen LogP contribution in [0.2, 0.25) is 0 Å². The first kappa shape index (κ1) is 14.1. The summed E-state index contributed by atoms with van der Waals surface area (Å²) in [4.78, 5) is 16.6. The smallest absolute Gasteiger partial charge is 0.355 e. The van der Waals surface area contributed by atoms with Crippen LogP contribution in [0, 0.1) is 0 Å². The molecule has 5 heteroatoms. The van der Waals surface area contributed by atoms with Crippen molar-refractivity contribution in [3.63, 3.8) is 0 Å². The first-order chi connectivity index (χ1) is 10.7. The maximum absolute atomic E-state index is 12.2. The molecule has 2 heterocycles. The molecule has 5 nitrogen and oxygen atoms in total. The summed E-state index contributed by atoms with van der Waals surface area (Å²) in [5.74, 6) is 0.391. The number of methoxy groups -OCH3 is 1. The molecule has 0 fully saturated rings. The summed E-state index contributed by atoms with van der Waals surface area (Å²) in [5, 5.41) is 0.890. The number of benzene rings is 1. The molecule has 0 unspecified atom stereocenters. The molecule has 0 N–H and O–H groups in total. The van der Waals surface area contributed by atoms with Crippen LogP contribution in [-0.2, 0) is 4.74 Å². The van der Waals surface area contributed by atoms with Crippen molar-refractivity contribution in [3.05, 3.63) is 54.4 Å². The van der Waals surface area contributed by atoms with Crippen molar-refractivity contribution in [2.75, 3.05) is 13.7 Å². The number of carbonyl (C=O) groups is 1. The Labute approximate surface area is 128 Å². The van der Waals surface area contributed by atoms with E-state index in [0.717, 1.165) is 22.5 Å². The average molecular weight is 296 g/mol. The van der Waals surface area contributed by atoms with Gasteiger partial charge in [-0.15, -0.1) is 0 Å². The van der Waals surface area contributed by atoms with Crippen molar-refractivity contribution in [3.8, 4) is 11.4 Å². The second-order valence-corrected chi connectivity index (χ2v) is 4.70. The van der Waals surface area contributed by atoms with Crippen LogP contribution in [0.15, 0.2) is 48.7 Å². The summed E-state index contributed by atoms with van der Waals surface area (Å²) in [6.45, 7) is 2.12. The standard InChI is InChI=1S/C17H16N2O3/c1-3-22-17(20)15-11-12-5-4-10-18-16(12)19(15)13-6-8-14(21-2)9-7-13/h4-11H,3H2,1-2H3. The van der Waals surface area contributed by atoms with Gasteiger partial charge in [0.1, 0.15) is 17.1 Å². The molecule has 3 aromatic rings. The van der Waals surface area contributed by atoms with E-state index in [2.05, 4.69) is 4.98 Å². The minimum absolute atomic E-state index is 0.330. The SMILES string of the molecule is CCOC(=O)c1cc2cccnc2n1-c1ccc(OC)cc1. The van der Waals surface area contributed by atoms with E-state index in [1.165, 1.54) is 0 Å². The van der Waals surface area contributed by atoms with Gasteiger partial charge in [0, 0.05) is 17.3 Å². The molecular weight excluding hydrogens is 280 g/mol. The fourth-order valence-corrected chi connectivity index (χ4v) is 2.38. The lowest BCUT2D eigenvalue weighted by molar-refractivity contribution is 0.0517. The van der Waals surface area contributed by atoms with Gasteiger partial charge in [-0.25, -0.2) is 9.78 Å². The Bertz CT molecular complexity index is 806. The highest BCUT2D eigenvalue weighted by Gasteiger charge is 2.18. The first-order valence-corrected chi connectivity index (χ1v) is 7.02. The van der Waals surface area contributed by atoms with Gasteiger partial charge in [-0.3, -0.25) is 4.57 Å². The van der Waals surface area contributed by atoms with E-state index >= 15 is 0 Å². The van der Waals surface area contributed by atoms with Crippen molar-refractivity contribution in [1.82, 2.24) is 9.55 Å². The van der Waals surface area contributed by atoms with Crippen molar-refractivity contribution in [2.45, 2.75) is 6.92 Å². The molecule has 0 aliphatic carbocycles. The number of esters is 1. The Morgan fingerprint density at radius 3 is 2.68 bits per heavy atom. The number of pyridine rings is 1. The number of ether oxygens (including phenoxy) is 2. The van der Waals surface area contributed by atoms with Gasteiger partial charge < -0.3 is 9.47 Å². The largest absolute Gasteiger partial charge is 0.497 e. The molecule has 0 bridgehead atoms. The van der Waals surface area contributed by atoms with Crippen LogP contribution in [0.4, 0.5) is 0 Å². The quantitative estimate of drug-likeness (QED) is 0.694. The third-order valence-electron chi connectivity index (χ3n) is 3.38. The Kier molecular flexibility index (Phi) is 3.78. The summed E-state index contributed by atoms with van der Waals surface area (Å²) in [6, 6.07) is 13.0. The highest BCUT2D eigenvalue weighted by Crippen LogP contribution is 2.24. The number of hydrogen-bond donors (Lipinski definition) is 0. The van der Waals surface area contributed by atoms with Crippen LogP contribution in [0.25, 0.3) is 16.7 Å². The summed E-state index contributed by atoms with van der Waals surface area (Å²) in [5.41, 5.74) is 2.01. The van der Waals surface area contributed by atoms with Gasteiger partial charge in [0.15, 0.2) is 0 Å². The van der Waals surface area contributed by atoms with Crippen LogP contribution < -0.4 is 4.74 Å². The third-order valence-corrected chi connectivity index (χ3v) is 3.38. The molecule has 0 atom stereocenters. The van der Waals surface area contributed by atoms with Gasteiger partial charge in [0.05, 0.1) is 13.7 Å². The molecule has 3 rings (SSSR count). The first-order valence-electron chi connectivity index (χ1n) is 7.02. The zero-order chi connectivity index (χ0) is 15.5. The zero-order valence-electron chi connectivity index (χ0n) is 12.4. The molecule has 1 aromatic carbocycles. The Balaban J connectivity index is 2.20. The van der Waals surface area contributed by atoms with E-state index in [1.54, 1.807) is 30.9 Å². The lowest BCUT2D eigenvalue weighted by Gasteiger charge is -2.10. The Hall–Kier alpha value is -2.82. The molecule has 0 amide bonds. The van der Waals surface area contributed by atoms with Crippen molar-refractivity contribution in [2.24, 2.45) is 0 Å². The number of nitrogens with zero attached hydrogens (tertiary/aromatic N) is 2. The van der Waals surface area contributed by atoms with Gasteiger partial charge in [0.2, 0.25) is 0 Å². The lowest BCUT2D eigenvalue weighted by atomic mass is 10.3. The van der Waals surface area contributed by atoms with E-state index < -0.39 is 0 Å². The maximum Gasteiger partial charge on any atom is 0.355 e. The van der Waals surface area contributed by atoms with Crippen molar-refractivity contribution >= 4 is 17.0 Å². The normalized spacial score (nSPS) is 10.6. The number of fused-ring (bicyclic) bond motifs is 1. The van der Waals surface area contributed by atoms with E-state index in [4.69, 9.17) is 9.47 Å². The second kappa shape index (κ2) is 5.89. The average Bonchev–Trinajstić information content (AvgIpc) is 2.95. The van der Waals surface area contributed by atoms with E-state index in [-0.39, 0.29) is 5.97 Å². The highest BCUT2D eigenvalue weighted by atomic mass is 16.5. The fourth-order valence-electron chi connectivity index (χ4n) is 2.38. The topological polar surface area (TPSA) is 53.3 Å². The summed E-state index contributed by atoms with van der Waals surface area (Å²) in [6.07, 6.45) is 1.71. The third kappa shape index (κ3) is 2.41. The number of aromatic nitrogens is 2. The lowest BCUT2D eigenvalue weighted by Crippen LogP contribution is -2.11. The minimum atomic E-state index is -0.365. The van der Waals surface area contributed by atoms with Gasteiger partial charge in [-0.1, -0.05) is 0 Å².